The fourth-order valence-electron chi connectivity index (χ4n) is 1.79. The van der Waals surface area contributed by atoms with E-state index in [1.165, 1.54) is 16.6 Å². The quantitative estimate of drug-likeness (QED) is 0.736. The normalized spacial score (nSPS) is 10.6. The average Bonchev–Trinajstić information content (AvgIpc) is 2.54. The molecule has 2 heteroatoms. The van der Waals surface area contributed by atoms with E-state index in [-0.39, 0.29) is 0 Å². The standard InChI is InChI=1S/C12H13NO/c1-9-10-5-2-3-6-12(10)13-11(9)7-4-8-14/h2-3,5-6,8,13H,4,7H2,1H3. The lowest BCUT2D eigenvalue weighted by atomic mass is 10.1. The molecule has 1 aromatic heterocycles. The molecule has 1 N–H and O–H groups in total. The Morgan fingerprint density at radius 3 is 2.86 bits per heavy atom. The van der Waals surface area contributed by atoms with Crippen LogP contribution in [0.5, 0.6) is 0 Å². The van der Waals surface area contributed by atoms with E-state index in [9.17, 15) is 4.79 Å². The minimum Gasteiger partial charge on any atom is -0.358 e. The van der Waals surface area contributed by atoms with Gasteiger partial charge in [-0.1, -0.05) is 18.2 Å². The molecule has 0 aliphatic rings. The first-order valence-electron chi connectivity index (χ1n) is 4.82. The van der Waals surface area contributed by atoms with Crippen molar-refractivity contribution in [3.63, 3.8) is 0 Å². The van der Waals surface area contributed by atoms with Crippen LogP contribution in [-0.2, 0) is 11.2 Å². The van der Waals surface area contributed by atoms with Crippen LogP contribution in [0.2, 0.25) is 0 Å². The van der Waals surface area contributed by atoms with Gasteiger partial charge in [0.25, 0.3) is 0 Å². The number of aromatic amines is 1. The van der Waals surface area contributed by atoms with Crippen LogP contribution in [0.15, 0.2) is 24.3 Å². The molecule has 14 heavy (non-hydrogen) atoms. The van der Waals surface area contributed by atoms with E-state index in [0.717, 1.165) is 18.2 Å². The predicted octanol–water partition coefficient (Wildman–Crippen LogP) is 2.61. The highest BCUT2D eigenvalue weighted by atomic mass is 16.1. The summed E-state index contributed by atoms with van der Waals surface area (Å²) in [6.45, 7) is 2.10. The lowest BCUT2D eigenvalue weighted by molar-refractivity contribution is -0.107. The van der Waals surface area contributed by atoms with Crippen molar-refractivity contribution in [3.8, 4) is 0 Å². The first kappa shape index (κ1) is 9.00. The average molecular weight is 187 g/mol. The Bertz CT molecular complexity index is 456. The molecule has 0 saturated carbocycles. The van der Waals surface area contributed by atoms with E-state index in [0.29, 0.717) is 6.42 Å². The molecule has 0 saturated heterocycles. The summed E-state index contributed by atoms with van der Waals surface area (Å²) < 4.78 is 0. The molecule has 2 nitrogen and oxygen atoms in total. The molecule has 72 valence electrons. The number of aldehydes is 1. The van der Waals surface area contributed by atoms with Crippen LogP contribution in [0.4, 0.5) is 0 Å². The Hall–Kier alpha value is -1.57. The second-order valence-electron chi connectivity index (χ2n) is 3.48. The maximum Gasteiger partial charge on any atom is 0.120 e. The van der Waals surface area contributed by atoms with Crippen LogP contribution in [0.3, 0.4) is 0 Å². The molecule has 0 amide bonds. The van der Waals surface area contributed by atoms with Crippen LogP contribution < -0.4 is 0 Å². The molecule has 1 aromatic carbocycles. The zero-order valence-electron chi connectivity index (χ0n) is 8.21. The number of aromatic nitrogens is 1. The van der Waals surface area contributed by atoms with Crippen molar-refractivity contribution in [2.24, 2.45) is 0 Å². The summed E-state index contributed by atoms with van der Waals surface area (Å²) in [5.41, 5.74) is 3.60. The van der Waals surface area contributed by atoms with Gasteiger partial charge in [0.1, 0.15) is 6.29 Å². The molecular weight excluding hydrogens is 174 g/mol. The number of carbonyl (C=O) groups excluding carboxylic acids is 1. The maximum absolute atomic E-state index is 10.3. The zero-order valence-corrected chi connectivity index (χ0v) is 8.21. The maximum atomic E-state index is 10.3. The number of hydrogen-bond acceptors (Lipinski definition) is 1. The highest BCUT2D eigenvalue weighted by Crippen LogP contribution is 2.21. The molecule has 0 atom stereocenters. The van der Waals surface area contributed by atoms with Crippen molar-refractivity contribution in [1.29, 1.82) is 0 Å². The van der Waals surface area contributed by atoms with Crippen LogP contribution in [0.25, 0.3) is 10.9 Å². The highest BCUT2D eigenvalue weighted by Gasteiger charge is 2.05. The van der Waals surface area contributed by atoms with Gasteiger partial charge in [-0.3, -0.25) is 0 Å². The SMILES string of the molecule is Cc1c(CCC=O)[nH]c2ccccc12. The summed E-state index contributed by atoms with van der Waals surface area (Å²) in [7, 11) is 0. The number of rotatable bonds is 3. The van der Waals surface area contributed by atoms with Crippen LogP contribution in [-0.4, -0.2) is 11.3 Å². The van der Waals surface area contributed by atoms with Crippen molar-refractivity contribution >= 4 is 17.2 Å². The van der Waals surface area contributed by atoms with Gasteiger partial charge in [0.05, 0.1) is 0 Å². The lowest BCUT2D eigenvalue weighted by Crippen LogP contribution is -1.88. The lowest BCUT2D eigenvalue weighted by Gasteiger charge is -1.94. The van der Waals surface area contributed by atoms with Crippen molar-refractivity contribution in [2.75, 3.05) is 0 Å². The third kappa shape index (κ3) is 1.43. The van der Waals surface area contributed by atoms with Crippen LogP contribution in [0, 0.1) is 6.92 Å². The monoisotopic (exact) mass is 187 g/mol. The van der Waals surface area contributed by atoms with E-state index >= 15 is 0 Å². The van der Waals surface area contributed by atoms with Gasteiger partial charge in [-0.05, 0) is 25.0 Å². The fraction of sp³-hybridized carbons (Fsp3) is 0.250. The Morgan fingerprint density at radius 1 is 1.36 bits per heavy atom. The predicted molar refractivity (Wildman–Crippen MR) is 57.4 cm³/mol. The van der Waals surface area contributed by atoms with Gasteiger partial charge in [0, 0.05) is 23.0 Å². The fourth-order valence-corrected chi connectivity index (χ4v) is 1.79. The molecule has 0 fully saturated rings. The van der Waals surface area contributed by atoms with Gasteiger partial charge in [0.15, 0.2) is 0 Å². The number of para-hydroxylation sites is 1. The topological polar surface area (TPSA) is 32.9 Å². The smallest absolute Gasteiger partial charge is 0.120 e. The van der Waals surface area contributed by atoms with E-state index in [1.807, 2.05) is 12.1 Å². The van der Waals surface area contributed by atoms with Crippen molar-refractivity contribution in [2.45, 2.75) is 19.8 Å². The van der Waals surface area contributed by atoms with Gasteiger partial charge in [-0.25, -0.2) is 0 Å². The summed E-state index contributed by atoms with van der Waals surface area (Å²) in [5, 5.41) is 1.26. The zero-order chi connectivity index (χ0) is 9.97. The van der Waals surface area contributed by atoms with Gasteiger partial charge >= 0.3 is 0 Å². The number of hydrogen-bond donors (Lipinski definition) is 1. The number of aryl methyl sites for hydroxylation is 2. The van der Waals surface area contributed by atoms with Gasteiger partial charge < -0.3 is 9.78 Å². The molecule has 0 unspecified atom stereocenters. The number of H-pyrrole nitrogens is 1. The molecule has 0 aliphatic carbocycles. The van der Waals surface area contributed by atoms with E-state index < -0.39 is 0 Å². The molecule has 2 aromatic rings. The van der Waals surface area contributed by atoms with E-state index in [2.05, 4.69) is 24.0 Å². The third-order valence-electron chi connectivity index (χ3n) is 2.58. The Balaban J connectivity index is 2.46. The van der Waals surface area contributed by atoms with Gasteiger partial charge in [-0.15, -0.1) is 0 Å². The number of benzene rings is 1. The number of fused-ring (bicyclic) bond motifs is 1. The van der Waals surface area contributed by atoms with Crippen LogP contribution >= 0.6 is 0 Å². The summed E-state index contributed by atoms with van der Waals surface area (Å²) >= 11 is 0. The summed E-state index contributed by atoms with van der Waals surface area (Å²) in [6.07, 6.45) is 2.36. The second kappa shape index (κ2) is 3.66. The second-order valence-corrected chi connectivity index (χ2v) is 3.48. The van der Waals surface area contributed by atoms with Crippen molar-refractivity contribution in [1.82, 2.24) is 4.98 Å². The molecule has 2 rings (SSSR count). The molecule has 0 spiro atoms. The minimum absolute atomic E-state index is 0.591. The number of nitrogens with one attached hydrogen (secondary N) is 1. The number of carbonyl (C=O) groups is 1. The third-order valence-corrected chi connectivity index (χ3v) is 2.58. The molecule has 0 aliphatic heterocycles. The molecule has 1 heterocycles. The highest BCUT2D eigenvalue weighted by molar-refractivity contribution is 5.84. The van der Waals surface area contributed by atoms with Gasteiger partial charge in [-0.2, -0.15) is 0 Å². The van der Waals surface area contributed by atoms with E-state index in [1.54, 1.807) is 0 Å². The molecule has 0 bridgehead atoms. The minimum atomic E-state index is 0.591. The summed E-state index contributed by atoms with van der Waals surface area (Å²) in [5.74, 6) is 0. The molecular formula is C12H13NO. The summed E-state index contributed by atoms with van der Waals surface area (Å²) in [4.78, 5) is 13.6. The molecule has 0 radical (unpaired) electrons. The first-order chi connectivity index (χ1) is 6.83. The largest absolute Gasteiger partial charge is 0.358 e. The summed E-state index contributed by atoms with van der Waals surface area (Å²) in [6, 6.07) is 8.22. The Morgan fingerprint density at radius 2 is 2.14 bits per heavy atom. The van der Waals surface area contributed by atoms with Crippen LogP contribution in [0.1, 0.15) is 17.7 Å². The Labute approximate surface area is 82.9 Å². The first-order valence-corrected chi connectivity index (χ1v) is 4.82. The van der Waals surface area contributed by atoms with Crippen molar-refractivity contribution < 1.29 is 4.79 Å². The van der Waals surface area contributed by atoms with E-state index in [4.69, 9.17) is 0 Å². The van der Waals surface area contributed by atoms with Gasteiger partial charge in [0.2, 0.25) is 0 Å². The van der Waals surface area contributed by atoms with Crippen molar-refractivity contribution in [3.05, 3.63) is 35.5 Å². The Kier molecular flexibility index (Phi) is 2.35.